The minimum absolute atomic E-state index is 0.0389. The highest BCUT2D eigenvalue weighted by molar-refractivity contribution is 5.79. The Morgan fingerprint density at radius 2 is 1.67 bits per heavy atom. The summed E-state index contributed by atoms with van der Waals surface area (Å²) in [7, 11) is 5.09. The predicted molar refractivity (Wildman–Crippen MR) is 109 cm³/mol. The maximum absolute atomic E-state index is 5.92. The van der Waals surface area contributed by atoms with Crippen LogP contribution in [-0.2, 0) is 4.74 Å². The Hall–Kier alpha value is -2.73. The summed E-state index contributed by atoms with van der Waals surface area (Å²) < 4.78 is 16.7. The molecule has 0 spiro atoms. The number of nitrogens with zero attached hydrogens (tertiary/aromatic N) is 1. The van der Waals surface area contributed by atoms with E-state index in [1.54, 1.807) is 21.3 Å². The highest BCUT2D eigenvalue weighted by Gasteiger charge is 2.11. The first-order chi connectivity index (χ1) is 13.2. The molecule has 6 nitrogen and oxygen atoms in total. The van der Waals surface area contributed by atoms with Crippen molar-refractivity contribution in [3.63, 3.8) is 0 Å². The third kappa shape index (κ3) is 6.83. The largest absolute Gasteiger partial charge is 0.497 e. The van der Waals surface area contributed by atoms with Crippen LogP contribution in [0.5, 0.6) is 11.5 Å². The van der Waals surface area contributed by atoms with Gasteiger partial charge >= 0.3 is 0 Å². The van der Waals surface area contributed by atoms with Crippen LogP contribution >= 0.6 is 0 Å². The van der Waals surface area contributed by atoms with Crippen LogP contribution in [0.3, 0.4) is 0 Å². The highest BCUT2D eigenvalue weighted by atomic mass is 16.5. The van der Waals surface area contributed by atoms with Gasteiger partial charge in [-0.25, -0.2) is 0 Å². The van der Waals surface area contributed by atoms with Crippen LogP contribution in [0, 0.1) is 0 Å². The van der Waals surface area contributed by atoms with E-state index in [4.69, 9.17) is 14.2 Å². The van der Waals surface area contributed by atoms with Gasteiger partial charge in [0.2, 0.25) is 0 Å². The third-order valence-corrected chi connectivity index (χ3v) is 4.07. The first kappa shape index (κ1) is 20.6. The molecule has 6 heteroatoms. The van der Waals surface area contributed by atoms with Gasteiger partial charge in [-0.3, -0.25) is 4.99 Å². The quantitative estimate of drug-likeness (QED) is 0.524. The van der Waals surface area contributed by atoms with Crippen molar-refractivity contribution < 1.29 is 14.2 Å². The summed E-state index contributed by atoms with van der Waals surface area (Å²) in [5, 5.41) is 6.57. The van der Waals surface area contributed by atoms with Gasteiger partial charge in [0.25, 0.3) is 0 Å². The molecule has 0 saturated heterocycles. The van der Waals surface area contributed by atoms with E-state index >= 15 is 0 Å². The van der Waals surface area contributed by atoms with Crippen LogP contribution in [0.25, 0.3) is 0 Å². The molecule has 0 radical (unpaired) electrons. The summed E-state index contributed by atoms with van der Waals surface area (Å²) in [5.74, 6) is 2.25. The minimum atomic E-state index is -0.0461. The van der Waals surface area contributed by atoms with E-state index in [2.05, 4.69) is 27.8 Å². The molecular weight excluding hydrogens is 342 g/mol. The fraction of sp³-hybridized carbons (Fsp3) is 0.381. The molecule has 2 unspecified atom stereocenters. The van der Waals surface area contributed by atoms with Crippen molar-refractivity contribution in [3.05, 3.63) is 60.2 Å². The molecule has 0 saturated carbocycles. The zero-order valence-corrected chi connectivity index (χ0v) is 16.4. The molecule has 27 heavy (non-hydrogen) atoms. The molecule has 2 atom stereocenters. The van der Waals surface area contributed by atoms with Gasteiger partial charge in [0.05, 0.1) is 19.8 Å². The molecule has 0 fully saturated rings. The van der Waals surface area contributed by atoms with Gasteiger partial charge in [0, 0.05) is 26.8 Å². The van der Waals surface area contributed by atoms with E-state index < -0.39 is 0 Å². The molecule has 2 aromatic rings. The van der Waals surface area contributed by atoms with Crippen molar-refractivity contribution >= 4 is 5.96 Å². The van der Waals surface area contributed by atoms with Gasteiger partial charge in [0.1, 0.15) is 17.6 Å². The van der Waals surface area contributed by atoms with Gasteiger partial charge in [-0.15, -0.1) is 0 Å². The van der Waals surface area contributed by atoms with Gasteiger partial charge in [0.15, 0.2) is 5.96 Å². The van der Waals surface area contributed by atoms with E-state index in [0.717, 1.165) is 17.1 Å². The van der Waals surface area contributed by atoms with Crippen molar-refractivity contribution in [2.45, 2.75) is 19.1 Å². The SMILES string of the molecule is CN=C(NCC(C)Oc1cccc(OC)c1)NCC(OC)c1ccccc1. The first-order valence-corrected chi connectivity index (χ1v) is 8.99. The summed E-state index contributed by atoms with van der Waals surface area (Å²) >= 11 is 0. The predicted octanol–water partition coefficient (Wildman–Crippen LogP) is 3.02. The van der Waals surface area contributed by atoms with Crippen LogP contribution < -0.4 is 20.1 Å². The fourth-order valence-corrected chi connectivity index (χ4v) is 2.60. The topological polar surface area (TPSA) is 64.1 Å². The normalized spacial score (nSPS) is 13.6. The van der Waals surface area contributed by atoms with Crippen LogP contribution in [0.1, 0.15) is 18.6 Å². The Morgan fingerprint density at radius 3 is 2.33 bits per heavy atom. The van der Waals surface area contributed by atoms with Crippen molar-refractivity contribution in [2.24, 2.45) is 4.99 Å². The molecule has 0 aliphatic rings. The number of rotatable bonds is 9. The summed E-state index contributed by atoms with van der Waals surface area (Å²) in [6, 6.07) is 17.7. The van der Waals surface area contributed by atoms with Crippen LogP contribution in [-0.4, -0.2) is 46.4 Å². The van der Waals surface area contributed by atoms with E-state index in [1.807, 2.05) is 49.4 Å². The lowest BCUT2D eigenvalue weighted by atomic mass is 10.1. The molecule has 0 aliphatic carbocycles. The van der Waals surface area contributed by atoms with Gasteiger partial charge in [-0.05, 0) is 24.6 Å². The standard InChI is InChI=1S/C21H29N3O3/c1-16(27-19-12-8-11-18(13-19)25-3)14-23-21(22-2)24-15-20(26-4)17-9-6-5-7-10-17/h5-13,16,20H,14-15H2,1-4H3,(H2,22,23,24). The maximum Gasteiger partial charge on any atom is 0.191 e. The van der Waals surface area contributed by atoms with Crippen LogP contribution in [0.4, 0.5) is 0 Å². The molecule has 0 bridgehead atoms. The summed E-state index contributed by atoms with van der Waals surface area (Å²) in [6.07, 6.45) is -0.0850. The van der Waals surface area contributed by atoms with Crippen LogP contribution in [0.15, 0.2) is 59.6 Å². The van der Waals surface area contributed by atoms with Crippen LogP contribution in [0.2, 0.25) is 0 Å². The number of hydrogen-bond donors (Lipinski definition) is 2. The Kier molecular flexibility index (Phi) is 8.45. The smallest absolute Gasteiger partial charge is 0.191 e. The number of methoxy groups -OCH3 is 2. The summed E-state index contributed by atoms with van der Waals surface area (Å²) in [5.41, 5.74) is 1.12. The molecular formula is C21H29N3O3. The van der Waals surface area contributed by atoms with E-state index in [0.29, 0.717) is 19.0 Å². The lowest BCUT2D eigenvalue weighted by Crippen LogP contribution is -2.43. The zero-order valence-electron chi connectivity index (χ0n) is 16.4. The third-order valence-electron chi connectivity index (χ3n) is 4.07. The van der Waals surface area contributed by atoms with Crippen molar-refractivity contribution in [2.75, 3.05) is 34.4 Å². The molecule has 0 amide bonds. The van der Waals surface area contributed by atoms with Crippen molar-refractivity contribution in [1.82, 2.24) is 10.6 Å². The van der Waals surface area contributed by atoms with Gasteiger partial charge < -0.3 is 24.8 Å². The van der Waals surface area contributed by atoms with E-state index in [-0.39, 0.29) is 12.2 Å². The number of aliphatic imine (C=N–C) groups is 1. The average molecular weight is 371 g/mol. The minimum Gasteiger partial charge on any atom is -0.497 e. The number of hydrogen-bond acceptors (Lipinski definition) is 4. The molecule has 0 aliphatic heterocycles. The van der Waals surface area contributed by atoms with E-state index in [1.165, 1.54) is 0 Å². The Balaban J connectivity index is 1.80. The molecule has 0 aromatic heterocycles. The fourth-order valence-electron chi connectivity index (χ4n) is 2.60. The van der Waals surface area contributed by atoms with Crippen molar-refractivity contribution in [3.8, 4) is 11.5 Å². The van der Waals surface area contributed by atoms with E-state index in [9.17, 15) is 0 Å². The molecule has 0 heterocycles. The molecule has 2 N–H and O–H groups in total. The molecule has 146 valence electrons. The lowest BCUT2D eigenvalue weighted by Gasteiger charge is -2.20. The number of nitrogens with one attached hydrogen (secondary N) is 2. The Morgan fingerprint density at radius 1 is 0.963 bits per heavy atom. The Bertz CT molecular complexity index is 707. The summed E-state index contributed by atoms with van der Waals surface area (Å²) in [4.78, 5) is 4.26. The summed E-state index contributed by atoms with van der Waals surface area (Å²) in [6.45, 7) is 3.23. The second-order valence-corrected chi connectivity index (χ2v) is 6.08. The van der Waals surface area contributed by atoms with Gasteiger partial charge in [-0.2, -0.15) is 0 Å². The second-order valence-electron chi connectivity index (χ2n) is 6.08. The number of ether oxygens (including phenoxy) is 3. The van der Waals surface area contributed by atoms with Crippen molar-refractivity contribution in [1.29, 1.82) is 0 Å². The Labute approximate surface area is 161 Å². The number of guanidine groups is 1. The second kappa shape index (κ2) is 11.1. The molecule has 2 aromatic carbocycles. The molecule has 2 rings (SSSR count). The zero-order chi connectivity index (χ0) is 19.5. The average Bonchev–Trinajstić information content (AvgIpc) is 2.71. The number of benzene rings is 2. The van der Waals surface area contributed by atoms with Gasteiger partial charge in [-0.1, -0.05) is 36.4 Å². The maximum atomic E-state index is 5.92. The first-order valence-electron chi connectivity index (χ1n) is 8.99. The monoisotopic (exact) mass is 371 g/mol. The lowest BCUT2D eigenvalue weighted by molar-refractivity contribution is 0.106. The highest BCUT2D eigenvalue weighted by Crippen LogP contribution is 2.19.